The molecule has 1 saturated heterocycles. The van der Waals surface area contributed by atoms with Crippen molar-refractivity contribution in [3.8, 4) is 0 Å². The van der Waals surface area contributed by atoms with Crippen LogP contribution in [-0.4, -0.2) is 70.2 Å². The van der Waals surface area contributed by atoms with Crippen molar-refractivity contribution in [1.82, 2.24) is 15.2 Å². The van der Waals surface area contributed by atoms with Gasteiger partial charge in [-0.1, -0.05) is 34.7 Å². The minimum atomic E-state index is -1.59. The molecular weight excluding hydrogens is 601 g/mol. The Morgan fingerprint density at radius 2 is 2.03 bits per heavy atom. The maximum Gasteiger partial charge on any atom is 1.00 e. The van der Waals surface area contributed by atoms with Crippen molar-refractivity contribution in [1.29, 1.82) is 0 Å². The van der Waals surface area contributed by atoms with Crippen molar-refractivity contribution in [3.05, 3.63) is 56.6 Å². The van der Waals surface area contributed by atoms with E-state index in [9.17, 15) is 24.3 Å². The van der Waals surface area contributed by atoms with Gasteiger partial charge in [0.05, 0.1) is 17.2 Å². The zero-order valence-corrected chi connectivity index (χ0v) is 24.6. The number of thioether (sulfide) groups is 1. The van der Waals surface area contributed by atoms with Gasteiger partial charge in [-0.15, -0.1) is 11.8 Å². The van der Waals surface area contributed by atoms with Gasteiger partial charge in [-0.05, 0) is 28.1 Å². The number of aromatic nitrogens is 1. The number of amides is 2. The number of carboxylic acids is 1. The van der Waals surface area contributed by atoms with Crippen LogP contribution in [-0.2, 0) is 24.0 Å². The van der Waals surface area contributed by atoms with E-state index in [-0.39, 0.29) is 69.7 Å². The Kier molecular flexibility index (Phi) is 9.77. The predicted octanol–water partition coefficient (Wildman–Crippen LogP) is -2.90. The van der Waals surface area contributed by atoms with Gasteiger partial charge in [0.2, 0.25) is 0 Å². The number of aliphatic carboxylic acids is 1. The van der Waals surface area contributed by atoms with E-state index in [0.29, 0.717) is 9.35 Å². The first kappa shape index (κ1) is 29.1. The topological polar surface area (TPSA) is 176 Å². The Labute approximate surface area is 249 Å². The zero-order chi connectivity index (χ0) is 26.0. The summed E-state index contributed by atoms with van der Waals surface area (Å²) < 4.78 is 5.68. The second kappa shape index (κ2) is 12.4. The van der Waals surface area contributed by atoms with Crippen LogP contribution in [0.4, 0.5) is 5.13 Å². The van der Waals surface area contributed by atoms with Crippen molar-refractivity contribution in [2.75, 3.05) is 25.2 Å². The minimum absolute atomic E-state index is 0. The fourth-order valence-corrected chi connectivity index (χ4v) is 6.21. The molecule has 3 heterocycles. The molecule has 0 saturated carbocycles. The molecule has 2 atom stereocenters. The summed E-state index contributed by atoms with van der Waals surface area (Å²) >= 11 is 5.55. The number of anilines is 1. The Hall–Kier alpha value is -2.43. The molecule has 2 aromatic rings. The van der Waals surface area contributed by atoms with Gasteiger partial charge in [-0.3, -0.25) is 14.5 Å². The van der Waals surface area contributed by atoms with Gasteiger partial charge < -0.3 is 30.5 Å². The molecule has 1 fully saturated rings. The number of hydrogen-bond donors (Lipinski definition) is 2. The molecule has 12 nitrogen and oxygen atoms in total. The Morgan fingerprint density at radius 1 is 1.32 bits per heavy atom. The van der Waals surface area contributed by atoms with E-state index in [1.165, 1.54) is 18.9 Å². The van der Waals surface area contributed by atoms with Crippen LogP contribution in [0, 0.1) is 0 Å². The largest absolute Gasteiger partial charge is 1.00 e. The van der Waals surface area contributed by atoms with Crippen molar-refractivity contribution in [3.63, 3.8) is 0 Å². The molecule has 0 aliphatic carbocycles. The summed E-state index contributed by atoms with van der Waals surface area (Å²) in [5.74, 6) is -3.51. The standard InChI is InChI=1S/C21H18BrN5O7S2.Na/c1-33-26-12(11-15(22)36-21(23)25-11)16(28)24-13-17(29)27-14(19(30)31)10(8-35-18(13)27)7-34-20(32)9-5-3-2-4-6-9;/h2-6,13,18H,7-8H2,1H3,(H2,23,25)(H,24,28)(H,30,31);/q;+1/p-1/t13?,18-;/m0./s1. The molecule has 1 unspecified atom stereocenters. The number of nitrogen functional groups attached to an aromatic ring is 1. The van der Waals surface area contributed by atoms with E-state index < -0.39 is 35.2 Å². The quantitative estimate of drug-likeness (QED) is 0.103. The average molecular weight is 618 g/mol. The molecule has 16 heteroatoms. The maximum atomic E-state index is 12.9. The number of carbonyl (C=O) groups is 4. The summed E-state index contributed by atoms with van der Waals surface area (Å²) in [4.78, 5) is 59.8. The first-order valence-corrected chi connectivity index (χ1v) is 12.8. The van der Waals surface area contributed by atoms with Crippen LogP contribution in [0.15, 0.2) is 50.5 Å². The van der Waals surface area contributed by atoms with Gasteiger partial charge in [0.15, 0.2) is 10.8 Å². The number of nitrogens with two attached hydrogens (primary N) is 1. The predicted molar refractivity (Wildman–Crippen MR) is 132 cm³/mol. The summed E-state index contributed by atoms with van der Waals surface area (Å²) in [6.45, 7) is -0.332. The summed E-state index contributed by atoms with van der Waals surface area (Å²) in [7, 11) is 1.24. The van der Waals surface area contributed by atoms with Crippen molar-refractivity contribution in [2.45, 2.75) is 11.4 Å². The number of carboxylic acid groups (broad SMARTS) is 1. The Morgan fingerprint density at radius 3 is 2.62 bits per heavy atom. The third-order valence-electron chi connectivity index (χ3n) is 5.14. The molecular formula is C21H17BrN5NaO7S2. The van der Waals surface area contributed by atoms with Crippen molar-refractivity contribution in [2.24, 2.45) is 5.16 Å². The number of thiazole rings is 1. The Balaban J connectivity index is 0.00000380. The number of fused-ring (bicyclic) bond motifs is 1. The number of halogens is 1. The second-order valence-corrected chi connectivity index (χ2v) is 10.8. The maximum absolute atomic E-state index is 12.9. The molecule has 0 radical (unpaired) electrons. The van der Waals surface area contributed by atoms with Crippen LogP contribution in [0.2, 0.25) is 0 Å². The monoisotopic (exact) mass is 617 g/mol. The van der Waals surface area contributed by atoms with Gasteiger partial charge in [-0.2, -0.15) is 0 Å². The van der Waals surface area contributed by atoms with E-state index >= 15 is 0 Å². The number of β-lactam (4-membered cyclic amide) rings is 1. The third kappa shape index (κ3) is 6.02. The average Bonchev–Trinajstić information content (AvgIpc) is 3.20. The second-order valence-electron chi connectivity index (χ2n) is 7.34. The minimum Gasteiger partial charge on any atom is -0.543 e. The normalized spacial score (nSPS) is 18.8. The van der Waals surface area contributed by atoms with Gasteiger partial charge in [0.25, 0.3) is 11.8 Å². The van der Waals surface area contributed by atoms with Gasteiger partial charge in [0, 0.05) is 11.3 Å². The summed E-state index contributed by atoms with van der Waals surface area (Å²) in [6.07, 6.45) is 0. The zero-order valence-electron chi connectivity index (χ0n) is 19.4. The number of esters is 1. The van der Waals surface area contributed by atoms with Crippen LogP contribution in [0.5, 0.6) is 0 Å². The molecule has 188 valence electrons. The number of carbonyl (C=O) groups excluding carboxylic acids is 4. The molecule has 3 N–H and O–H groups in total. The van der Waals surface area contributed by atoms with Crippen LogP contribution in [0.1, 0.15) is 16.1 Å². The molecule has 37 heavy (non-hydrogen) atoms. The van der Waals surface area contributed by atoms with Crippen molar-refractivity contribution >= 4 is 73.6 Å². The Bertz CT molecular complexity index is 1300. The number of nitrogens with zero attached hydrogens (tertiary/aromatic N) is 3. The van der Waals surface area contributed by atoms with E-state index in [0.717, 1.165) is 16.2 Å². The van der Waals surface area contributed by atoms with E-state index in [2.05, 4.69) is 31.4 Å². The summed E-state index contributed by atoms with van der Waals surface area (Å²) in [6, 6.07) is 7.16. The number of rotatable bonds is 8. The van der Waals surface area contributed by atoms with Crippen LogP contribution >= 0.6 is 39.0 Å². The van der Waals surface area contributed by atoms with E-state index in [1.54, 1.807) is 30.3 Å². The molecule has 2 aliphatic rings. The number of nitrogens with one attached hydrogen (secondary N) is 1. The smallest absolute Gasteiger partial charge is 0.543 e. The molecule has 4 rings (SSSR count). The van der Waals surface area contributed by atoms with Gasteiger partial charge in [-0.25, -0.2) is 9.78 Å². The fourth-order valence-electron chi connectivity index (χ4n) is 3.55. The number of oxime groups is 1. The molecule has 1 aromatic carbocycles. The first-order valence-electron chi connectivity index (χ1n) is 10.2. The summed E-state index contributed by atoms with van der Waals surface area (Å²) in [5, 5.41) is 17.6. The summed E-state index contributed by atoms with van der Waals surface area (Å²) in [5.41, 5.74) is 5.74. The molecule has 0 bridgehead atoms. The van der Waals surface area contributed by atoms with Gasteiger partial charge in [0.1, 0.15) is 34.6 Å². The van der Waals surface area contributed by atoms with Crippen molar-refractivity contribution < 1.29 is 63.4 Å². The number of hydrogen-bond acceptors (Lipinski definition) is 12. The molecule has 0 spiro atoms. The molecule has 2 aliphatic heterocycles. The van der Waals surface area contributed by atoms with Crippen LogP contribution < -0.4 is 45.7 Å². The van der Waals surface area contributed by atoms with E-state index in [1.807, 2.05) is 0 Å². The van der Waals surface area contributed by atoms with Crippen LogP contribution in [0.25, 0.3) is 0 Å². The SMILES string of the molecule is CON=C(C(=O)NC1C(=O)N2C(C(=O)[O-])=C(COC(=O)c3ccccc3)CS[C@@H]12)c1nc(N)sc1Br.[Na+]. The molecule has 2 amide bonds. The third-order valence-corrected chi connectivity index (χ3v) is 8.01. The van der Waals surface area contributed by atoms with Gasteiger partial charge >= 0.3 is 35.5 Å². The molecule has 1 aromatic heterocycles. The number of ether oxygens (including phenoxy) is 1. The first-order chi connectivity index (χ1) is 17.2. The number of benzene rings is 1. The fraction of sp³-hybridized carbons (Fsp3) is 0.238. The van der Waals surface area contributed by atoms with E-state index in [4.69, 9.17) is 15.3 Å². The van der Waals surface area contributed by atoms with Crippen LogP contribution in [0.3, 0.4) is 0 Å².